The second-order valence-corrected chi connectivity index (χ2v) is 7.21. The van der Waals surface area contributed by atoms with E-state index in [0.717, 1.165) is 29.4 Å². The van der Waals surface area contributed by atoms with Gasteiger partial charge < -0.3 is 0 Å². The van der Waals surface area contributed by atoms with Gasteiger partial charge in [-0.15, -0.1) is 0 Å². The molecule has 130 valence electrons. The molecule has 0 radical (unpaired) electrons. The van der Waals surface area contributed by atoms with Crippen LogP contribution in [0.25, 0.3) is 0 Å². The third-order valence-electron chi connectivity index (χ3n) is 5.29. The van der Waals surface area contributed by atoms with E-state index in [1.165, 1.54) is 36.8 Å². The first-order chi connectivity index (χ1) is 12.2. The lowest BCUT2D eigenvalue weighted by Gasteiger charge is -2.26. The summed E-state index contributed by atoms with van der Waals surface area (Å²) in [7, 11) is 0. The van der Waals surface area contributed by atoms with Crippen LogP contribution in [0.5, 0.6) is 0 Å². The Kier molecular flexibility index (Phi) is 6.16. The van der Waals surface area contributed by atoms with E-state index in [1.54, 1.807) is 6.21 Å². The Labute approximate surface area is 151 Å². The van der Waals surface area contributed by atoms with E-state index in [2.05, 4.69) is 72.6 Å². The molecule has 0 heterocycles. The normalized spacial score (nSPS) is 21.2. The molecule has 2 nitrogen and oxygen atoms in total. The van der Waals surface area contributed by atoms with Crippen molar-refractivity contribution in [1.82, 2.24) is 0 Å². The Morgan fingerprint density at radius 1 is 0.800 bits per heavy atom. The molecule has 0 spiro atoms. The van der Waals surface area contributed by atoms with Gasteiger partial charge in [-0.1, -0.05) is 75.2 Å². The molecule has 25 heavy (non-hydrogen) atoms. The molecule has 1 fully saturated rings. The molecule has 2 aromatic carbocycles. The van der Waals surface area contributed by atoms with E-state index in [9.17, 15) is 0 Å². The molecular weight excluding hydrogens is 304 g/mol. The Hall–Kier alpha value is -2.22. The molecule has 1 aliphatic rings. The quantitative estimate of drug-likeness (QED) is 0.474. The molecule has 2 heteroatoms. The first-order valence-electron chi connectivity index (χ1n) is 9.50. The molecule has 0 atom stereocenters. The summed E-state index contributed by atoms with van der Waals surface area (Å²) in [6.45, 7) is 4.53. The van der Waals surface area contributed by atoms with Crippen LogP contribution in [-0.4, -0.2) is 12.4 Å². The summed E-state index contributed by atoms with van der Waals surface area (Å²) in [5.41, 5.74) is 5.00. The van der Waals surface area contributed by atoms with Crippen molar-refractivity contribution in [2.75, 3.05) is 0 Å². The largest absolute Gasteiger partial charge is 0.159 e. The fourth-order valence-electron chi connectivity index (χ4n) is 3.49. The van der Waals surface area contributed by atoms with E-state index >= 15 is 0 Å². The van der Waals surface area contributed by atoms with Gasteiger partial charge in [0.25, 0.3) is 0 Å². The Morgan fingerprint density at radius 3 is 1.84 bits per heavy atom. The van der Waals surface area contributed by atoms with Crippen LogP contribution in [-0.2, 0) is 6.42 Å². The van der Waals surface area contributed by atoms with Crippen LogP contribution in [0, 0.1) is 5.92 Å². The van der Waals surface area contributed by atoms with Crippen molar-refractivity contribution in [3.05, 3.63) is 70.8 Å². The van der Waals surface area contributed by atoms with Gasteiger partial charge in [0, 0.05) is 0 Å². The highest BCUT2D eigenvalue weighted by atomic mass is 15.2. The third kappa shape index (κ3) is 5.12. The zero-order valence-corrected chi connectivity index (χ0v) is 15.4. The van der Waals surface area contributed by atoms with Crippen LogP contribution in [0.15, 0.2) is 58.7 Å². The van der Waals surface area contributed by atoms with Crippen molar-refractivity contribution in [2.45, 2.75) is 51.9 Å². The fourth-order valence-corrected chi connectivity index (χ4v) is 3.49. The number of benzene rings is 2. The first kappa shape index (κ1) is 17.6. The van der Waals surface area contributed by atoms with Crippen LogP contribution in [0.1, 0.15) is 67.7 Å². The lowest BCUT2D eigenvalue weighted by molar-refractivity contribution is 0.348. The molecule has 1 aliphatic carbocycles. The van der Waals surface area contributed by atoms with Crippen LogP contribution in [0.3, 0.4) is 0 Å². The van der Waals surface area contributed by atoms with Crippen molar-refractivity contribution >= 4 is 12.4 Å². The van der Waals surface area contributed by atoms with Gasteiger partial charge in [-0.25, -0.2) is 0 Å². The summed E-state index contributed by atoms with van der Waals surface area (Å²) in [6, 6.07) is 17.3. The van der Waals surface area contributed by atoms with Crippen molar-refractivity contribution in [3.63, 3.8) is 0 Å². The molecule has 0 saturated heterocycles. The van der Waals surface area contributed by atoms with E-state index < -0.39 is 0 Å². The maximum atomic E-state index is 4.18. The predicted molar refractivity (Wildman–Crippen MR) is 108 cm³/mol. The number of nitrogens with zero attached hydrogens (tertiary/aromatic N) is 2. The molecule has 0 amide bonds. The molecule has 1 saturated carbocycles. The van der Waals surface area contributed by atoms with Crippen molar-refractivity contribution in [3.8, 4) is 0 Å². The summed E-state index contributed by atoms with van der Waals surface area (Å²) in [5.74, 6) is 1.64. The zero-order chi connectivity index (χ0) is 17.5. The van der Waals surface area contributed by atoms with Crippen LogP contribution < -0.4 is 0 Å². The lowest BCUT2D eigenvalue weighted by atomic mass is 9.79. The maximum absolute atomic E-state index is 4.18. The van der Waals surface area contributed by atoms with E-state index in [1.807, 2.05) is 6.21 Å². The molecule has 0 bridgehead atoms. The molecular formula is C23H28N2. The van der Waals surface area contributed by atoms with Gasteiger partial charge in [0.05, 0.1) is 12.4 Å². The van der Waals surface area contributed by atoms with Gasteiger partial charge in [-0.3, -0.25) is 0 Å². The monoisotopic (exact) mass is 332 g/mol. The maximum Gasteiger partial charge on any atom is 0.0568 e. The molecule has 0 N–H and O–H groups in total. The lowest BCUT2D eigenvalue weighted by Crippen LogP contribution is -2.10. The number of aryl methyl sites for hydroxylation is 1. The summed E-state index contributed by atoms with van der Waals surface area (Å²) < 4.78 is 0. The number of rotatable bonds is 5. The Morgan fingerprint density at radius 2 is 1.32 bits per heavy atom. The highest BCUT2D eigenvalue weighted by Crippen LogP contribution is 2.35. The number of hydrogen-bond donors (Lipinski definition) is 0. The SMILES string of the molecule is CCc1ccc(/C=N/N=C/c2ccc(C3CCC(C)CC3)cc2)cc1. The summed E-state index contributed by atoms with van der Waals surface area (Å²) >= 11 is 0. The second kappa shape index (κ2) is 8.75. The van der Waals surface area contributed by atoms with E-state index in [4.69, 9.17) is 0 Å². The van der Waals surface area contributed by atoms with Crippen molar-refractivity contribution in [1.29, 1.82) is 0 Å². The fraction of sp³-hybridized carbons (Fsp3) is 0.391. The summed E-state index contributed by atoms with van der Waals surface area (Å²) in [6.07, 6.45) is 10.1. The van der Waals surface area contributed by atoms with Crippen LogP contribution >= 0.6 is 0 Å². The highest BCUT2D eigenvalue weighted by Gasteiger charge is 2.19. The van der Waals surface area contributed by atoms with Crippen molar-refractivity contribution in [2.24, 2.45) is 16.1 Å². The highest BCUT2D eigenvalue weighted by molar-refractivity contribution is 5.82. The van der Waals surface area contributed by atoms with Crippen LogP contribution in [0.4, 0.5) is 0 Å². The smallest absolute Gasteiger partial charge is 0.0568 e. The van der Waals surface area contributed by atoms with Gasteiger partial charge >= 0.3 is 0 Å². The van der Waals surface area contributed by atoms with E-state index in [0.29, 0.717) is 0 Å². The topological polar surface area (TPSA) is 24.7 Å². The Balaban J connectivity index is 1.55. The molecule has 0 aliphatic heterocycles. The molecule has 3 rings (SSSR count). The van der Waals surface area contributed by atoms with Gasteiger partial charge in [0.1, 0.15) is 0 Å². The van der Waals surface area contributed by atoms with Gasteiger partial charge in [-0.05, 0) is 53.4 Å². The Bertz CT molecular complexity index is 703. The standard InChI is InChI=1S/C23H28N2/c1-3-19-6-8-20(9-7-19)16-24-25-17-21-10-14-23(15-11-21)22-12-4-18(2)5-13-22/h6-11,14-18,22H,3-5,12-13H2,1-2H3/b24-16+,25-17+. The van der Waals surface area contributed by atoms with Crippen LogP contribution in [0.2, 0.25) is 0 Å². The summed E-state index contributed by atoms with van der Waals surface area (Å²) in [4.78, 5) is 0. The average Bonchev–Trinajstić information content (AvgIpc) is 2.67. The summed E-state index contributed by atoms with van der Waals surface area (Å²) in [5, 5.41) is 8.33. The average molecular weight is 332 g/mol. The first-order valence-corrected chi connectivity index (χ1v) is 9.50. The predicted octanol–water partition coefficient (Wildman–Crippen LogP) is 6.00. The minimum atomic E-state index is 0.742. The minimum absolute atomic E-state index is 0.742. The molecule has 2 aromatic rings. The molecule has 0 unspecified atom stereocenters. The van der Waals surface area contributed by atoms with Gasteiger partial charge in [0.2, 0.25) is 0 Å². The number of hydrogen-bond acceptors (Lipinski definition) is 2. The minimum Gasteiger partial charge on any atom is -0.159 e. The van der Waals surface area contributed by atoms with E-state index in [-0.39, 0.29) is 0 Å². The van der Waals surface area contributed by atoms with Gasteiger partial charge in [0.15, 0.2) is 0 Å². The van der Waals surface area contributed by atoms with Crippen molar-refractivity contribution < 1.29 is 0 Å². The van der Waals surface area contributed by atoms with Gasteiger partial charge in [-0.2, -0.15) is 10.2 Å². The molecule has 0 aromatic heterocycles. The zero-order valence-electron chi connectivity index (χ0n) is 15.4. The third-order valence-corrected chi connectivity index (χ3v) is 5.29. The second-order valence-electron chi connectivity index (χ2n) is 7.21.